The SMILES string of the molecule is O=C(c1ccccc1Cl)N1CCc2[nH]nc(C(=O)N3CCN(c4ccccc4)CC3)c2C1. The number of fused-ring (bicyclic) bond motifs is 1. The first-order valence-corrected chi connectivity index (χ1v) is 11.2. The van der Waals surface area contributed by atoms with Gasteiger partial charge < -0.3 is 14.7 Å². The molecule has 0 radical (unpaired) electrons. The standard InChI is InChI=1S/C24H24ClN5O2/c25-20-9-5-4-8-18(20)23(31)30-11-10-21-19(16-30)22(27-26-21)24(32)29-14-12-28(13-15-29)17-6-2-1-3-7-17/h1-9H,10-16H2,(H,26,27). The number of anilines is 1. The predicted molar refractivity (Wildman–Crippen MR) is 123 cm³/mol. The van der Waals surface area contributed by atoms with Crippen LogP contribution >= 0.6 is 11.6 Å². The van der Waals surface area contributed by atoms with E-state index in [4.69, 9.17) is 11.6 Å². The molecule has 3 aromatic rings. The zero-order valence-corrected chi connectivity index (χ0v) is 18.4. The number of nitrogens with zero attached hydrogens (tertiary/aromatic N) is 4. The molecule has 1 aromatic heterocycles. The smallest absolute Gasteiger partial charge is 0.274 e. The van der Waals surface area contributed by atoms with Crippen molar-refractivity contribution in [2.45, 2.75) is 13.0 Å². The summed E-state index contributed by atoms with van der Waals surface area (Å²) in [5.74, 6) is -0.209. The Morgan fingerprint density at radius 2 is 1.56 bits per heavy atom. The first-order chi connectivity index (χ1) is 15.6. The third kappa shape index (κ3) is 3.84. The van der Waals surface area contributed by atoms with Gasteiger partial charge in [0, 0.05) is 56.1 Å². The molecule has 0 aliphatic carbocycles. The van der Waals surface area contributed by atoms with Crippen LogP contribution in [0.15, 0.2) is 54.6 Å². The van der Waals surface area contributed by atoms with E-state index in [1.165, 1.54) is 5.69 Å². The van der Waals surface area contributed by atoms with E-state index in [-0.39, 0.29) is 11.8 Å². The molecule has 0 bridgehead atoms. The molecule has 1 fully saturated rings. The van der Waals surface area contributed by atoms with Gasteiger partial charge in [0.25, 0.3) is 11.8 Å². The van der Waals surface area contributed by atoms with Crippen LogP contribution in [0.25, 0.3) is 0 Å². The van der Waals surface area contributed by atoms with Crippen molar-refractivity contribution in [3.05, 3.63) is 82.1 Å². The number of aromatic nitrogens is 2. The molecule has 7 nitrogen and oxygen atoms in total. The van der Waals surface area contributed by atoms with E-state index in [0.29, 0.717) is 48.9 Å². The number of hydrogen-bond acceptors (Lipinski definition) is 4. The first kappa shape index (κ1) is 20.6. The van der Waals surface area contributed by atoms with Crippen LogP contribution in [-0.2, 0) is 13.0 Å². The minimum absolute atomic E-state index is 0.0812. The number of carbonyl (C=O) groups is 2. The van der Waals surface area contributed by atoms with Crippen LogP contribution in [0.5, 0.6) is 0 Å². The number of amides is 2. The normalized spacial score (nSPS) is 16.1. The molecule has 8 heteroatoms. The van der Waals surface area contributed by atoms with Crippen molar-refractivity contribution < 1.29 is 9.59 Å². The van der Waals surface area contributed by atoms with Gasteiger partial charge in [-0.2, -0.15) is 5.10 Å². The van der Waals surface area contributed by atoms with Crippen molar-refractivity contribution in [2.75, 3.05) is 37.6 Å². The lowest BCUT2D eigenvalue weighted by Crippen LogP contribution is -2.49. The molecule has 0 spiro atoms. The van der Waals surface area contributed by atoms with E-state index in [1.54, 1.807) is 29.2 Å². The number of hydrogen-bond donors (Lipinski definition) is 1. The summed E-state index contributed by atoms with van der Waals surface area (Å²) in [6.45, 7) is 3.73. The van der Waals surface area contributed by atoms with E-state index >= 15 is 0 Å². The topological polar surface area (TPSA) is 72.5 Å². The molecule has 0 saturated carbocycles. The quantitative estimate of drug-likeness (QED) is 0.666. The van der Waals surface area contributed by atoms with Crippen LogP contribution in [0.3, 0.4) is 0 Å². The second-order valence-electron chi connectivity index (χ2n) is 8.10. The van der Waals surface area contributed by atoms with Crippen LogP contribution in [0.2, 0.25) is 5.02 Å². The summed E-state index contributed by atoms with van der Waals surface area (Å²) in [5.41, 5.74) is 3.81. The highest BCUT2D eigenvalue weighted by molar-refractivity contribution is 6.33. The minimum Gasteiger partial charge on any atom is -0.368 e. The molecule has 5 rings (SSSR count). The highest BCUT2D eigenvalue weighted by atomic mass is 35.5. The Hall–Kier alpha value is -3.32. The maximum atomic E-state index is 13.3. The van der Waals surface area contributed by atoms with Crippen LogP contribution in [0.4, 0.5) is 5.69 Å². The molecule has 3 heterocycles. The van der Waals surface area contributed by atoms with Crippen molar-refractivity contribution in [2.24, 2.45) is 0 Å². The molecule has 164 valence electrons. The number of nitrogens with one attached hydrogen (secondary N) is 1. The number of H-pyrrole nitrogens is 1. The van der Waals surface area contributed by atoms with E-state index in [0.717, 1.165) is 24.3 Å². The maximum Gasteiger partial charge on any atom is 0.274 e. The fraction of sp³-hybridized carbons (Fsp3) is 0.292. The van der Waals surface area contributed by atoms with E-state index in [9.17, 15) is 9.59 Å². The number of piperazine rings is 1. The average Bonchev–Trinajstić information content (AvgIpc) is 3.27. The van der Waals surface area contributed by atoms with Crippen molar-refractivity contribution in [3.8, 4) is 0 Å². The first-order valence-electron chi connectivity index (χ1n) is 10.8. The summed E-state index contributed by atoms with van der Waals surface area (Å²) >= 11 is 6.23. The maximum absolute atomic E-state index is 13.3. The number of carbonyl (C=O) groups excluding carboxylic acids is 2. The summed E-state index contributed by atoms with van der Waals surface area (Å²) in [4.78, 5) is 32.2. The number of para-hydroxylation sites is 1. The fourth-order valence-corrected chi connectivity index (χ4v) is 4.62. The van der Waals surface area contributed by atoms with Gasteiger partial charge in [0.15, 0.2) is 5.69 Å². The summed E-state index contributed by atoms with van der Waals surface area (Å²) in [5, 5.41) is 7.79. The molecule has 2 aliphatic heterocycles. The van der Waals surface area contributed by atoms with E-state index in [2.05, 4.69) is 27.2 Å². The molecular weight excluding hydrogens is 426 g/mol. The number of halogens is 1. The zero-order valence-electron chi connectivity index (χ0n) is 17.6. The highest BCUT2D eigenvalue weighted by Crippen LogP contribution is 2.25. The van der Waals surface area contributed by atoms with Crippen molar-refractivity contribution >= 4 is 29.1 Å². The van der Waals surface area contributed by atoms with Gasteiger partial charge in [0.2, 0.25) is 0 Å². The Morgan fingerprint density at radius 1 is 0.844 bits per heavy atom. The van der Waals surface area contributed by atoms with Crippen molar-refractivity contribution in [1.29, 1.82) is 0 Å². The van der Waals surface area contributed by atoms with Crippen molar-refractivity contribution in [1.82, 2.24) is 20.0 Å². The Bertz CT molecular complexity index is 1140. The molecule has 2 aliphatic rings. The Balaban J connectivity index is 1.29. The zero-order chi connectivity index (χ0) is 22.1. The second kappa shape index (κ2) is 8.67. The summed E-state index contributed by atoms with van der Waals surface area (Å²) in [6.07, 6.45) is 0.633. The molecule has 32 heavy (non-hydrogen) atoms. The van der Waals surface area contributed by atoms with E-state index in [1.807, 2.05) is 23.1 Å². The van der Waals surface area contributed by atoms with Crippen LogP contribution in [0.1, 0.15) is 32.1 Å². The third-order valence-corrected chi connectivity index (χ3v) is 6.55. The van der Waals surface area contributed by atoms with Gasteiger partial charge in [-0.15, -0.1) is 0 Å². The van der Waals surface area contributed by atoms with Gasteiger partial charge in [0.05, 0.1) is 17.1 Å². The number of benzene rings is 2. The summed E-state index contributed by atoms with van der Waals surface area (Å²) < 4.78 is 0. The predicted octanol–water partition coefficient (Wildman–Crippen LogP) is 3.22. The fourth-order valence-electron chi connectivity index (χ4n) is 4.41. The summed E-state index contributed by atoms with van der Waals surface area (Å²) in [6, 6.07) is 17.3. The molecule has 0 unspecified atom stereocenters. The number of aromatic amines is 1. The molecule has 0 atom stereocenters. The highest BCUT2D eigenvalue weighted by Gasteiger charge is 2.31. The van der Waals surface area contributed by atoms with Crippen LogP contribution in [-0.4, -0.2) is 64.5 Å². The Kier molecular flexibility index (Phi) is 5.57. The van der Waals surface area contributed by atoms with E-state index < -0.39 is 0 Å². The van der Waals surface area contributed by atoms with Crippen LogP contribution < -0.4 is 4.90 Å². The minimum atomic E-state index is -0.127. The lowest BCUT2D eigenvalue weighted by Gasteiger charge is -2.36. The monoisotopic (exact) mass is 449 g/mol. The van der Waals surface area contributed by atoms with Gasteiger partial charge in [-0.3, -0.25) is 14.7 Å². The molecule has 2 amide bonds. The molecule has 1 saturated heterocycles. The van der Waals surface area contributed by atoms with Gasteiger partial charge >= 0.3 is 0 Å². The van der Waals surface area contributed by atoms with Gasteiger partial charge in [-0.1, -0.05) is 41.9 Å². The molecular formula is C24H24ClN5O2. The molecule has 2 aromatic carbocycles. The second-order valence-corrected chi connectivity index (χ2v) is 8.51. The third-order valence-electron chi connectivity index (χ3n) is 6.22. The largest absolute Gasteiger partial charge is 0.368 e. The van der Waals surface area contributed by atoms with Crippen LogP contribution in [0, 0.1) is 0 Å². The van der Waals surface area contributed by atoms with Crippen molar-refractivity contribution in [3.63, 3.8) is 0 Å². The Morgan fingerprint density at radius 3 is 2.31 bits per heavy atom. The van der Waals surface area contributed by atoms with Gasteiger partial charge in [-0.25, -0.2) is 0 Å². The van der Waals surface area contributed by atoms with Gasteiger partial charge in [-0.05, 0) is 24.3 Å². The average molecular weight is 450 g/mol. The Labute approximate surface area is 191 Å². The lowest BCUT2D eigenvalue weighted by atomic mass is 10.0. The number of rotatable bonds is 3. The molecule has 1 N–H and O–H groups in total. The summed E-state index contributed by atoms with van der Waals surface area (Å²) in [7, 11) is 0. The van der Waals surface area contributed by atoms with Gasteiger partial charge in [0.1, 0.15) is 0 Å². The lowest BCUT2D eigenvalue weighted by molar-refractivity contribution is 0.0709.